The number of esters is 1. The number of halogens is 1. The standard InChI is InChI=1S/C27H17BrN2O3/c28-21-10-12-22(13-11-21)30-26(31)20(17-29)16-18-8-14-23(15-9-18)33-27(32)25-7-3-5-19-4-1-2-6-24(19)25/h1-16H,(H,30,31)/b20-16+. The number of fused-ring (bicyclic) bond motifs is 1. The summed E-state index contributed by atoms with van der Waals surface area (Å²) in [5.41, 5.74) is 1.65. The summed E-state index contributed by atoms with van der Waals surface area (Å²) in [6.07, 6.45) is 1.48. The molecule has 6 heteroatoms. The Morgan fingerprint density at radius 2 is 1.58 bits per heavy atom. The molecule has 0 bridgehead atoms. The maximum Gasteiger partial charge on any atom is 0.344 e. The van der Waals surface area contributed by atoms with Crippen LogP contribution in [0.15, 0.2) is 101 Å². The van der Waals surface area contributed by atoms with Crippen LogP contribution in [0.4, 0.5) is 5.69 Å². The highest BCUT2D eigenvalue weighted by atomic mass is 79.9. The van der Waals surface area contributed by atoms with Crippen molar-refractivity contribution in [1.29, 1.82) is 5.26 Å². The van der Waals surface area contributed by atoms with Crippen molar-refractivity contribution in [3.8, 4) is 11.8 Å². The number of nitrogens with one attached hydrogen (secondary N) is 1. The van der Waals surface area contributed by atoms with E-state index in [1.54, 1.807) is 54.6 Å². The highest BCUT2D eigenvalue weighted by Gasteiger charge is 2.13. The van der Waals surface area contributed by atoms with Crippen LogP contribution in [-0.2, 0) is 4.79 Å². The fraction of sp³-hybridized carbons (Fsp3) is 0. The van der Waals surface area contributed by atoms with Crippen LogP contribution in [-0.4, -0.2) is 11.9 Å². The van der Waals surface area contributed by atoms with Crippen LogP contribution in [0.1, 0.15) is 15.9 Å². The van der Waals surface area contributed by atoms with Crippen LogP contribution >= 0.6 is 15.9 Å². The van der Waals surface area contributed by atoms with Crippen molar-refractivity contribution in [3.63, 3.8) is 0 Å². The Morgan fingerprint density at radius 1 is 0.879 bits per heavy atom. The summed E-state index contributed by atoms with van der Waals surface area (Å²) in [5, 5.41) is 13.9. The van der Waals surface area contributed by atoms with Crippen LogP contribution in [0.3, 0.4) is 0 Å². The lowest BCUT2D eigenvalue weighted by Crippen LogP contribution is -2.13. The van der Waals surface area contributed by atoms with Gasteiger partial charge in [0.1, 0.15) is 17.4 Å². The Kier molecular flexibility index (Phi) is 6.63. The molecular formula is C27H17BrN2O3. The summed E-state index contributed by atoms with van der Waals surface area (Å²) in [7, 11) is 0. The van der Waals surface area contributed by atoms with Gasteiger partial charge in [-0.15, -0.1) is 0 Å². The maximum atomic E-state index is 12.7. The fourth-order valence-electron chi connectivity index (χ4n) is 3.24. The van der Waals surface area contributed by atoms with Gasteiger partial charge in [-0.3, -0.25) is 4.79 Å². The quantitative estimate of drug-likeness (QED) is 0.151. The third-order valence-electron chi connectivity index (χ3n) is 4.88. The van der Waals surface area contributed by atoms with E-state index >= 15 is 0 Å². The van der Waals surface area contributed by atoms with Crippen LogP contribution in [0.5, 0.6) is 5.75 Å². The molecule has 0 saturated heterocycles. The van der Waals surface area contributed by atoms with Gasteiger partial charge in [-0.05, 0) is 64.9 Å². The van der Waals surface area contributed by atoms with E-state index in [1.807, 2.05) is 42.5 Å². The number of hydrogen-bond donors (Lipinski definition) is 1. The van der Waals surface area contributed by atoms with Crippen molar-refractivity contribution in [3.05, 3.63) is 112 Å². The average molecular weight is 497 g/mol. The van der Waals surface area contributed by atoms with Gasteiger partial charge in [0, 0.05) is 10.2 Å². The van der Waals surface area contributed by atoms with Crippen molar-refractivity contribution in [2.45, 2.75) is 0 Å². The molecule has 0 saturated carbocycles. The monoisotopic (exact) mass is 496 g/mol. The normalized spacial score (nSPS) is 11.0. The molecule has 1 N–H and O–H groups in total. The first-order valence-electron chi connectivity index (χ1n) is 10.0. The lowest BCUT2D eigenvalue weighted by Gasteiger charge is -2.08. The number of hydrogen-bond acceptors (Lipinski definition) is 4. The van der Waals surface area contributed by atoms with E-state index in [9.17, 15) is 14.9 Å². The van der Waals surface area contributed by atoms with Gasteiger partial charge in [0.05, 0.1) is 5.56 Å². The van der Waals surface area contributed by atoms with Gasteiger partial charge in [0.2, 0.25) is 0 Å². The SMILES string of the molecule is N#C/C(=C\c1ccc(OC(=O)c2cccc3ccccc23)cc1)C(=O)Nc1ccc(Br)cc1. The van der Waals surface area contributed by atoms with Gasteiger partial charge < -0.3 is 10.1 Å². The van der Waals surface area contributed by atoms with Gasteiger partial charge in [0.15, 0.2) is 0 Å². The summed E-state index contributed by atoms with van der Waals surface area (Å²) >= 11 is 3.34. The number of nitriles is 1. The molecule has 33 heavy (non-hydrogen) atoms. The van der Waals surface area contributed by atoms with E-state index in [0.717, 1.165) is 15.2 Å². The Hall–Kier alpha value is -4.21. The minimum Gasteiger partial charge on any atom is -0.423 e. The molecule has 0 aliphatic rings. The number of rotatable bonds is 5. The minimum absolute atomic E-state index is 0.0431. The Labute approximate surface area is 199 Å². The molecule has 1 amide bonds. The molecule has 0 radical (unpaired) electrons. The number of nitrogens with zero attached hydrogens (tertiary/aromatic N) is 1. The largest absolute Gasteiger partial charge is 0.423 e. The molecule has 4 aromatic rings. The second-order valence-corrected chi connectivity index (χ2v) is 8.03. The Balaban J connectivity index is 1.47. The predicted octanol–water partition coefficient (Wildman–Crippen LogP) is 6.37. The van der Waals surface area contributed by atoms with E-state index < -0.39 is 11.9 Å². The van der Waals surface area contributed by atoms with E-state index in [1.165, 1.54) is 6.08 Å². The van der Waals surface area contributed by atoms with Crippen molar-refractivity contribution < 1.29 is 14.3 Å². The zero-order valence-corrected chi connectivity index (χ0v) is 18.9. The first-order chi connectivity index (χ1) is 16.0. The second kappa shape index (κ2) is 9.94. The lowest BCUT2D eigenvalue weighted by atomic mass is 10.0. The maximum absolute atomic E-state index is 12.7. The molecule has 0 spiro atoms. The second-order valence-electron chi connectivity index (χ2n) is 7.12. The van der Waals surface area contributed by atoms with Gasteiger partial charge in [-0.25, -0.2) is 4.79 Å². The van der Waals surface area contributed by atoms with Crippen LogP contribution in [0.2, 0.25) is 0 Å². The number of carbonyl (C=O) groups excluding carboxylic acids is 2. The molecule has 4 rings (SSSR count). The summed E-state index contributed by atoms with van der Waals surface area (Å²) in [5.74, 6) is -0.601. The van der Waals surface area contributed by atoms with Crippen LogP contribution in [0, 0.1) is 11.3 Å². The van der Waals surface area contributed by atoms with Gasteiger partial charge in [0.25, 0.3) is 5.91 Å². The topological polar surface area (TPSA) is 79.2 Å². The lowest BCUT2D eigenvalue weighted by molar-refractivity contribution is -0.112. The predicted molar refractivity (Wildman–Crippen MR) is 132 cm³/mol. The van der Waals surface area contributed by atoms with Crippen molar-refractivity contribution in [1.82, 2.24) is 0 Å². The highest BCUT2D eigenvalue weighted by Crippen LogP contribution is 2.22. The molecule has 160 valence electrons. The Morgan fingerprint density at radius 3 is 2.30 bits per heavy atom. The molecule has 5 nitrogen and oxygen atoms in total. The number of amides is 1. The van der Waals surface area contributed by atoms with Gasteiger partial charge >= 0.3 is 5.97 Å². The van der Waals surface area contributed by atoms with E-state index in [4.69, 9.17) is 4.74 Å². The Bertz CT molecular complexity index is 1400. The van der Waals surface area contributed by atoms with E-state index in [0.29, 0.717) is 22.6 Å². The average Bonchev–Trinajstić information content (AvgIpc) is 2.84. The minimum atomic E-state index is -0.508. The van der Waals surface area contributed by atoms with E-state index in [-0.39, 0.29) is 5.57 Å². The van der Waals surface area contributed by atoms with E-state index in [2.05, 4.69) is 21.2 Å². The number of carbonyl (C=O) groups is 2. The molecule has 0 aliphatic carbocycles. The summed E-state index contributed by atoms with van der Waals surface area (Å²) in [6, 6.07) is 28.7. The third-order valence-corrected chi connectivity index (χ3v) is 5.41. The molecule has 4 aromatic carbocycles. The van der Waals surface area contributed by atoms with Gasteiger partial charge in [-0.1, -0.05) is 64.5 Å². The summed E-state index contributed by atoms with van der Waals surface area (Å²) < 4.78 is 6.41. The molecule has 0 aliphatic heterocycles. The first kappa shape index (κ1) is 22.0. The molecule has 0 aromatic heterocycles. The molecule has 0 fully saturated rings. The summed E-state index contributed by atoms with van der Waals surface area (Å²) in [4.78, 5) is 25.1. The van der Waals surface area contributed by atoms with Crippen LogP contribution < -0.4 is 10.1 Å². The number of benzene rings is 4. The van der Waals surface area contributed by atoms with Crippen molar-refractivity contribution in [2.24, 2.45) is 0 Å². The van der Waals surface area contributed by atoms with Gasteiger partial charge in [-0.2, -0.15) is 5.26 Å². The first-order valence-corrected chi connectivity index (χ1v) is 10.8. The van der Waals surface area contributed by atoms with Crippen LogP contribution in [0.25, 0.3) is 16.8 Å². The summed E-state index contributed by atoms with van der Waals surface area (Å²) in [6.45, 7) is 0. The number of anilines is 1. The highest BCUT2D eigenvalue weighted by molar-refractivity contribution is 9.10. The molecular weight excluding hydrogens is 480 g/mol. The third kappa shape index (κ3) is 5.35. The smallest absolute Gasteiger partial charge is 0.344 e. The van der Waals surface area contributed by atoms with Crippen molar-refractivity contribution in [2.75, 3.05) is 5.32 Å². The zero-order valence-electron chi connectivity index (χ0n) is 17.3. The fourth-order valence-corrected chi connectivity index (χ4v) is 3.51. The molecule has 0 unspecified atom stereocenters. The molecule has 0 atom stereocenters. The zero-order chi connectivity index (χ0) is 23.2. The number of ether oxygens (including phenoxy) is 1. The van der Waals surface area contributed by atoms with Crippen molar-refractivity contribution >= 4 is 50.3 Å². The molecule has 0 heterocycles.